The van der Waals surface area contributed by atoms with Crippen molar-refractivity contribution in [3.05, 3.63) is 23.3 Å². The zero-order valence-corrected chi connectivity index (χ0v) is 12.6. The molecule has 2 N–H and O–H groups in total. The Morgan fingerprint density at radius 2 is 2.14 bits per heavy atom. The maximum absolute atomic E-state index is 12.6. The number of likely N-dealkylation sites (tertiary alicyclic amines) is 1. The van der Waals surface area contributed by atoms with E-state index < -0.39 is 0 Å². The first-order valence-electron chi connectivity index (χ1n) is 7.43. The lowest BCUT2D eigenvalue weighted by molar-refractivity contribution is -0.129. The van der Waals surface area contributed by atoms with Gasteiger partial charge in [-0.1, -0.05) is 6.07 Å². The number of ether oxygens (including phenoxy) is 2. The number of hydrogen-bond acceptors (Lipinski definition) is 4. The van der Waals surface area contributed by atoms with E-state index in [2.05, 4.69) is 0 Å². The van der Waals surface area contributed by atoms with E-state index in [0.717, 1.165) is 42.0 Å². The molecule has 1 aromatic rings. The van der Waals surface area contributed by atoms with Gasteiger partial charge in [0.25, 0.3) is 0 Å². The second kappa shape index (κ2) is 5.56. The van der Waals surface area contributed by atoms with Crippen molar-refractivity contribution in [2.75, 3.05) is 33.9 Å². The van der Waals surface area contributed by atoms with Gasteiger partial charge in [0.2, 0.25) is 5.91 Å². The first-order chi connectivity index (χ1) is 10.2. The van der Waals surface area contributed by atoms with Crippen molar-refractivity contribution in [2.24, 2.45) is 11.7 Å². The summed E-state index contributed by atoms with van der Waals surface area (Å²) in [4.78, 5) is 14.5. The molecule has 1 aliphatic heterocycles. The standard InChI is InChI=1S/C16H22N2O3/c1-20-13-6-5-11-12(15(13)21-2)4-3-10-9-18(8-7-17)16(19)14(10)11/h5-6,10,14H,3-4,7-9,17H2,1-2H3/t10-,14+/m1/s1. The van der Waals surface area contributed by atoms with Gasteiger partial charge < -0.3 is 20.1 Å². The average Bonchev–Trinajstić information content (AvgIpc) is 2.83. The summed E-state index contributed by atoms with van der Waals surface area (Å²) < 4.78 is 10.9. The molecule has 0 unspecified atom stereocenters. The van der Waals surface area contributed by atoms with Crippen LogP contribution in [0.25, 0.3) is 0 Å². The minimum atomic E-state index is -0.0416. The molecule has 5 heteroatoms. The summed E-state index contributed by atoms with van der Waals surface area (Å²) in [6.07, 6.45) is 1.94. The van der Waals surface area contributed by atoms with Crippen LogP contribution in [0.1, 0.15) is 23.5 Å². The molecule has 1 saturated heterocycles. The normalized spacial score (nSPS) is 23.8. The molecule has 0 saturated carbocycles. The molecule has 1 aliphatic carbocycles. The van der Waals surface area contributed by atoms with Crippen molar-refractivity contribution in [1.29, 1.82) is 0 Å². The summed E-state index contributed by atoms with van der Waals surface area (Å²) in [5.74, 6) is 2.07. The Morgan fingerprint density at radius 1 is 1.33 bits per heavy atom. The third-order valence-corrected chi connectivity index (χ3v) is 4.69. The van der Waals surface area contributed by atoms with Gasteiger partial charge in [-0.2, -0.15) is 0 Å². The molecule has 0 aromatic heterocycles. The van der Waals surface area contributed by atoms with Gasteiger partial charge in [0.05, 0.1) is 20.1 Å². The number of rotatable bonds is 4. The van der Waals surface area contributed by atoms with E-state index in [9.17, 15) is 4.79 Å². The van der Waals surface area contributed by atoms with E-state index in [0.29, 0.717) is 19.0 Å². The van der Waals surface area contributed by atoms with Crippen molar-refractivity contribution in [3.63, 3.8) is 0 Å². The van der Waals surface area contributed by atoms with E-state index in [-0.39, 0.29) is 11.8 Å². The predicted molar refractivity (Wildman–Crippen MR) is 79.7 cm³/mol. The van der Waals surface area contributed by atoms with Gasteiger partial charge >= 0.3 is 0 Å². The highest BCUT2D eigenvalue weighted by Crippen LogP contribution is 2.47. The van der Waals surface area contributed by atoms with Crippen LogP contribution in [0, 0.1) is 5.92 Å². The van der Waals surface area contributed by atoms with Crippen LogP contribution in [-0.2, 0) is 11.2 Å². The van der Waals surface area contributed by atoms with Crippen LogP contribution in [-0.4, -0.2) is 44.7 Å². The Hall–Kier alpha value is -1.75. The number of fused-ring (bicyclic) bond motifs is 3. The maximum atomic E-state index is 12.6. The van der Waals surface area contributed by atoms with Gasteiger partial charge in [-0.25, -0.2) is 0 Å². The fourth-order valence-corrected chi connectivity index (χ4v) is 3.76. The Morgan fingerprint density at radius 3 is 2.81 bits per heavy atom. The number of methoxy groups -OCH3 is 2. The SMILES string of the molecule is COc1ccc2c(c1OC)CC[C@@H]1CN(CCN)C(=O)[C@H]21. The van der Waals surface area contributed by atoms with Crippen LogP contribution in [0.15, 0.2) is 12.1 Å². The number of amides is 1. The molecule has 1 fully saturated rings. The van der Waals surface area contributed by atoms with E-state index in [1.165, 1.54) is 0 Å². The van der Waals surface area contributed by atoms with Crippen molar-refractivity contribution in [3.8, 4) is 11.5 Å². The lowest BCUT2D eigenvalue weighted by atomic mass is 9.76. The molecule has 2 atom stereocenters. The fraction of sp³-hybridized carbons (Fsp3) is 0.562. The summed E-state index contributed by atoms with van der Waals surface area (Å²) >= 11 is 0. The Labute approximate surface area is 125 Å². The summed E-state index contributed by atoms with van der Waals surface area (Å²) in [5, 5.41) is 0. The zero-order valence-electron chi connectivity index (χ0n) is 12.6. The van der Waals surface area contributed by atoms with E-state index in [1.54, 1.807) is 14.2 Å². The Kier molecular flexibility index (Phi) is 3.76. The topological polar surface area (TPSA) is 64.8 Å². The summed E-state index contributed by atoms with van der Waals surface area (Å²) in [6, 6.07) is 3.93. The summed E-state index contributed by atoms with van der Waals surface area (Å²) in [7, 11) is 3.29. The highest BCUT2D eigenvalue weighted by atomic mass is 16.5. The Bertz CT molecular complexity index is 559. The molecule has 1 aromatic carbocycles. The lowest BCUT2D eigenvalue weighted by Crippen LogP contribution is -2.31. The van der Waals surface area contributed by atoms with Gasteiger partial charge in [-0.15, -0.1) is 0 Å². The first kappa shape index (κ1) is 14.2. The van der Waals surface area contributed by atoms with Gasteiger partial charge in [-0.3, -0.25) is 4.79 Å². The van der Waals surface area contributed by atoms with Crippen LogP contribution in [0.4, 0.5) is 0 Å². The molecule has 0 radical (unpaired) electrons. The first-order valence-corrected chi connectivity index (χ1v) is 7.43. The predicted octanol–water partition coefficient (Wildman–Crippen LogP) is 1.15. The molecule has 5 nitrogen and oxygen atoms in total. The molecular weight excluding hydrogens is 268 g/mol. The summed E-state index contributed by atoms with van der Waals surface area (Å²) in [6.45, 7) is 1.99. The van der Waals surface area contributed by atoms with Gasteiger partial charge in [0.15, 0.2) is 11.5 Å². The molecule has 3 rings (SSSR count). The van der Waals surface area contributed by atoms with Crippen molar-refractivity contribution < 1.29 is 14.3 Å². The van der Waals surface area contributed by atoms with Crippen molar-refractivity contribution in [2.45, 2.75) is 18.8 Å². The van der Waals surface area contributed by atoms with E-state index >= 15 is 0 Å². The van der Waals surface area contributed by atoms with Crippen LogP contribution in [0.3, 0.4) is 0 Å². The van der Waals surface area contributed by atoms with Crippen LogP contribution in [0.2, 0.25) is 0 Å². The number of benzene rings is 1. The number of nitrogens with zero attached hydrogens (tertiary/aromatic N) is 1. The number of nitrogens with two attached hydrogens (primary N) is 1. The quantitative estimate of drug-likeness (QED) is 0.903. The minimum Gasteiger partial charge on any atom is -0.493 e. The molecule has 0 bridgehead atoms. The fourth-order valence-electron chi connectivity index (χ4n) is 3.76. The molecular formula is C16H22N2O3. The third-order valence-electron chi connectivity index (χ3n) is 4.69. The molecule has 2 aliphatic rings. The number of carbonyl (C=O) groups is 1. The smallest absolute Gasteiger partial charge is 0.230 e. The minimum absolute atomic E-state index is 0.0416. The van der Waals surface area contributed by atoms with Gasteiger partial charge in [0.1, 0.15) is 0 Å². The monoisotopic (exact) mass is 290 g/mol. The highest BCUT2D eigenvalue weighted by molar-refractivity contribution is 5.87. The second-order valence-corrected chi connectivity index (χ2v) is 5.72. The van der Waals surface area contributed by atoms with Crippen LogP contribution >= 0.6 is 0 Å². The molecule has 1 amide bonds. The van der Waals surface area contributed by atoms with Crippen LogP contribution < -0.4 is 15.2 Å². The third kappa shape index (κ3) is 2.16. The second-order valence-electron chi connectivity index (χ2n) is 5.72. The molecule has 0 spiro atoms. The molecule has 1 heterocycles. The summed E-state index contributed by atoms with van der Waals surface area (Å²) in [5.41, 5.74) is 7.84. The Balaban J connectivity index is 2.01. The highest BCUT2D eigenvalue weighted by Gasteiger charge is 2.44. The lowest BCUT2D eigenvalue weighted by Gasteiger charge is -2.28. The average molecular weight is 290 g/mol. The van der Waals surface area contributed by atoms with E-state index in [4.69, 9.17) is 15.2 Å². The van der Waals surface area contributed by atoms with Gasteiger partial charge in [0, 0.05) is 25.2 Å². The van der Waals surface area contributed by atoms with Crippen molar-refractivity contribution in [1.82, 2.24) is 4.90 Å². The number of carbonyl (C=O) groups excluding carboxylic acids is 1. The number of hydrogen-bond donors (Lipinski definition) is 1. The molecule has 114 valence electrons. The van der Waals surface area contributed by atoms with E-state index in [1.807, 2.05) is 17.0 Å². The molecule has 21 heavy (non-hydrogen) atoms. The van der Waals surface area contributed by atoms with Crippen molar-refractivity contribution >= 4 is 5.91 Å². The largest absolute Gasteiger partial charge is 0.493 e. The van der Waals surface area contributed by atoms with Crippen LogP contribution in [0.5, 0.6) is 11.5 Å². The van der Waals surface area contributed by atoms with Gasteiger partial charge in [-0.05, 0) is 30.4 Å². The maximum Gasteiger partial charge on any atom is 0.230 e. The zero-order chi connectivity index (χ0) is 15.0.